The first-order valence-corrected chi connectivity index (χ1v) is 18.5. The summed E-state index contributed by atoms with van der Waals surface area (Å²) in [6.45, 7) is 2.34. The van der Waals surface area contributed by atoms with E-state index in [4.69, 9.17) is 0 Å². The Kier molecular flexibility index (Phi) is 8.63. The molecule has 9 rings (SSSR count). The maximum atomic E-state index is 2.52. The summed E-state index contributed by atoms with van der Waals surface area (Å²) in [6, 6.07) is 72.5. The summed E-state index contributed by atoms with van der Waals surface area (Å²) in [5.74, 6) is 0.288. The summed E-state index contributed by atoms with van der Waals surface area (Å²) in [5, 5.41) is 2.47. The molecule has 0 bridgehead atoms. The Labute approximate surface area is 312 Å². The highest BCUT2D eigenvalue weighted by atomic mass is 15.2. The molecule has 1 aliphatic rings. The number of anilines is 5. The number of para-hydroxylation sites is 2. The second-order valence-electron chi connectivity index (χ2n) is 13.9. The fourth-order valence-electron chi connectivity index (χ4n) is 7.83. The minimum absolute atomic E-state index is 0.112. The highest BCUT2D eigenvalue weighted by Gasteiger charge is 2.31. The fourth-order valence-corrected chi connectivity index (χ4v) is 7.83. The van der Waals surface area contributed by atoms with Crippen LogP contribution in [0.1, 0.15) is 24.1 Å². The van der Waals surface area contributed by atoms with E-state index in [-0.39, 0.29) is 12.0 Å². The molecule has 8 aromatic carbocycles. The van der Waals surface area contributed by atoms with E-state index in [0.717, 1.165) is 17.1 Å². The molecule has 1 aliphatic carbocycles. The van der Waals surface area contributed by atoms with Gasteiger partial charge in [-0.05, 0) is 117 Å². The molecule has 0 saturated carbocycles. The van der Waals surface area contributed by atoms with Crippen molar-refractivity contribution >= 4 is 45.3 Å². The van der Waals surface area contributed by atoms with Gasteiger partial charge in [0.25, 0.3) is 0 Å². The van der Waals surface area contributed by atoms with Crippen molar-refractivity contribution in [3.8, 4) is 22.3 Å². The van der Waals surface area contributed by atoms with Crippen molar-refractivity contribution in [2.45, 2.75) is 13.0 Å². The normalized spacial score (nSPS) is 14.8. The molecule has 2 nitrogen and oxygen atoms in total. The summed E-state index contributed by atoms with van der Waals surface area (Å²) >= 11 is 0. The molecule has 0 N–H and O–H groups in total. The van der Waals surface area contributed by atoms with Crippen LogP contribution < -0.4 is 9.80 Å². The Bertz CT molecular complexity index is 2500. The SMILES string of the molecule is CC1C=Cc2ccc(-c3ccc(N(c4ccccc4)c4ccc5ccccc5c4)cc3)cc2C1N(c1ccccc1)c1ccc(-c2ccccc2)cc1. The molecule has 0 spiro atoms. The van der Waals surface area contributed by atoms with Gasteiger partial charge in [0.05, 0.1) is 6.04 Å². The summed E-state index contributed by atoms with van der Waals surface area (Å²) in [6.07, 6.45) is 4.66. The van der Waals surface area contributed by atoms with Crippen molar-refractivity contribution in [2.24, 2.45) is 5.92 Å². The van der Waals surface area contributed by atoms with Gasteiger partial charge in [0, 0.05) is 28.4 Å². The second kappa shape index (κ2) is 14.2. The molecule has 0 fully saturated rings. The summed E-state index contributed by atoms with van der Waals surface area (Å²) in [4.78, 5) is 4.86. The zero-order valence-corrected chi connectivity index (χ0v) is 29.8. The Morgan fingerprint density at radius 2 is 0.868 bits per heavy atom. The molecule has 0 radical (unpaired) electrons. The van der Waals surface area contributed by atoms with E-state index in [2.05, 4.69) is 229 Å². The van der Waals surface area contributed by atoms with Gasteiger partial charge in [-0.3, -0.25) is 0 Å². The molecular weight excluding hydrogens is 641 g/mol. The lowest BCUT2D eigenvalue weighted by molar-refractivity contribution is 0.548. The average molecular weight is 681 g/mol. The van der Waals surface area contributed by atoms with Gasteiger partial charge in [-0.15, -0.1) is 0 Å². The first-order valence-electron chi connectivity index (χ1n) is 18.5. The molecule has 0 aromatic heterocycles. The predicted molar refractivity (Wildman–Crippen MR) is 225 cm³/mol. The maximum Gasteiger partial charge on any atom is 0.0657 e. The van der Waals surface area contributed by atoms with Crippen LogP contribution in [0.5, 0.6) is 0 Å². The predicted octanol–water partition coefficient (Wildman–Crippen LogP) is 14.2. The first-order chi connectivity index (χ1) is 26.2. The van der Waals surface area contributed by atoms with Crippen LogP contribution in [-0.2, 0) is 0 Å². The van der Waals surface area contributed by atoms with E-state index in [1.54, 1.807) is 0 Å². The van der Waals surface area contributed by atoms with E-state index in [0.29, 0.717) is 0 Å². The van der Waals surface area contributed by atoms with Gasteiger partial charge in [0.2, 0.25) is 0 Å². The number of nitrogens with zero attached hydrogens (tertiary/aromatic N) is 2. The monoisotopic (exact) mass is 680 g/mol. The van der Waals surface area contributed by atoms with Crippen molar-refractivity contribution < 1.29 is 0 Å². The summed E-state index contributed by atoms with van der Waals surface area (Å²) < 4.78 is 0. The molecule has 8 aromatic rings. The number of hydrogen-bond donors (Lipinski definition) is 0. The van der Waals surface area contributed by atoms with Gasteiger partial charge in [0.15, 0.2) is 0 Å². The molecule has 0 amide bonds. The van der Waals surface area contributed by atoms with Crippen molar-refractivity contribution in [3.05, 3.63) is 217 Å². The van der Waals surface area contributed by atoms with Crippen molar-refractivity contribution in [1.82, 2.24) is 0 Å². The number of fused-ring (bicyclic) bond motifs is 2. The third-order valence-corrected chi connectivity index (χ3v) is 10.5. The van der Waals surface area contributed by atoms with E-state index < -0.39 is 0 Å². The Morgan fingerprint density at radius 3 is 1.57 bits per heavy atom. The Morgan fingerprint density at radius 1 is 0.377 bits per heavy atom. The maximum absolute atomic E-state index is 2.52. The first kappa shape index (κ1) is 32.3. The summed E-state index contributed by atoms with van der Waals surface area (Å²) in [5.41, 5.74) is 13.2. The van der Waals surface area contributed by atoms with Crippen LogP contribution in [0.2, 0.25) is 0 Å². The standard InChI is InChI=1S/C51H40N2/c1-37-21-22-42-23-24-44(36-50(42)51(37)53(46-19-9-4-10-20-46)48-32-25-40(26-33-48)38-13-5-2-6-14-38)41-27-30-47(31-28-41)52(45-17-7-3-8-18-45)49-34-29-39-15-11-12-16-43(39)35-49/h2-37,51H,1H3. The van der Waals surface area contributed by atoms with Gasteiger partial charge in [-0.25, -0.2) is 0 Å². The Hall–Kier alpha value is -6.64. The molecule has 0 heterocycles. The molecule has 2 unspecified atom stereocenters. The number of benzene rings is 8. The van der Waals surface area contributed by atoms with Crippen LogP contribution in [0.4, 0.5) is 28.4 Å². The lowest BCUT2D eigenvalue weighted by Gasteiger charge is -2.39. The molecule has 0 aliphatic heterocycles. The lowest BCUT2D eigenvalue weighted by atomic mass is 9.82. The molecule has 53 heavy (non-hydrogen) atoms. The van der Waals surface area contributed by atoms with E-state index in [1.165, 1.54) is 55.5 Å². The summed E-state index contributed by atoms with van der Waals surface area (Å²) in [7, 11) is 0. The zero-order valence-electron chi connectivity index (χ0n) is 29.8. The van der Waals surface area contributed by atoms with Crippen LogP contribution in [0.3, 0.4) is 0 Å². The third kappa shape index (κ3) is 6.41. The molecule has 254 valence electrons. The quantitative estimate of drug-likeness (QED) is 0.158. The van der Waals surface area contributed by atoms with Gasteiger partial charge in [0.1, 0.15) is 0 Å². The number of hydrogen-bond acceptors (Lipinski definition) is 2. The molecule has 0 saturated heterocycles. The second-order valence-corrected chi connectivity index (χ2v) is 13.9. The fraction of sp³-hybridized carbons (Fsp3) is 0.0588. The average Bonchev–Trinajstić information content (AvgIpc) is 3.23. The highest BCUT2D eigenvalue weighted by molar-refractivity contribution is 5.89. The molecular formula is C51H40N2. The van der Waals surface area contributed by atoms with E-state index >= 15 is 0 Å². The molecule has 2 atom stereocenters. The van der Waals surface area contributed by atoms with E-state index in [9.17, 15) is 0 Å². The minimum Gasteiger partial charge on any atom is -0.333 e. The Balaban J connectivity index is 1.09. The topological polar surface area (TPSA) is 6.48 Å². The lowest BCUT2D eigenvalue weighted by Crippen LogP contribution is -2.30. The van der Waals surface area contributed by atoms with Crippen LogP contribution in [0, 0.1) is 5.92 Å². The zero-order chi connectivity index (χ0) is 35.6. The number of rotatable bonds is 8. The van der Waals surface area contributed by atoms with Gasteiger partial charge in [-0.1, -0.05) is 153 Å². The van der Waals surface area contributed by atoms with Crippen LogP contribution in [0.25, 0.3) is 39.1 Å². The van der Waals surface area contributed by atoms with Gasteiger partial charge < -0.3 is 9.80 Å². The van der Waals surface area contributed by atoms with Crippen molar-refractivity contribution in [2.75, 3.05) is 9.80 Å². The third-order valence-electron chi connectivity index (χ3n) is 10.5. The largest absolute Gasteiger partial charge is 0.333 e. The molecule has 2 heteroatoms. The van der Waals surface area contributed by atoms with Crippen LogP contribution in [-0.4, -0.2) is 0 Å². The minimum atomic E-state index is 0.112. The smallest absolute Gasteiger partial charge is 0.0657 e. The van der Waals surface area contributed by atoms with Crippen molar-refractivity contribution in [1.29, 1.82) is 0 Å². The van der Waals surface area contributed by atoms with Crippen LogP contribution in [0.15, 0.2) is 206 Å². The van der Waals surface area contributed by atoms with Crippen LogP contribution >= 0.6 is 0 Å². The van der Waals surface area contributed by atoms with Gasteiger partial charge >= 0.3 is 0 Å². The van der Waals surface area contributed by atoms with Crippen molar-refractivity contribution in [3.63, 3.8) is 0 Å². The van der Waals surface area contributed by atoms with Gasteiger partial charge in [-0.2, -0.15) is 0 Å². The highest BCUT2D eigenvalue weighted by Crippen LogP contribution is 2.45. The van der Waals surface area contributed by atoms with E-state index in [1.807, 2.05) is 0 Å².